The van der Waals surface area contributed by atoms with Gasteiger partial charge in [0.05, 0.1) is 56.0 Å². The molecule has 0 saturated heterocycles. The van der Waals surface area contributed by atoms with Crippen LogP contribution < -0.4 is 0 Å². The van der Waals surface area contributed by atoms with Gasteiger partial charge < -0.3 is 0 Å². The fourth-order valence-corrected chi connectivity index (χ4v) is 3.91. The zero-order valence-electron chi connectivity index (χ0n) is 20.5. The van der Waals surface area contributed by atoms with E-state index in [-0.39, 0.29) is 37.9 Å². The van der Waals surface area contributed by atoms with Crippen molar-refractivity contribution in [2.24, 2.45) is 10.3 Å². The summed E-state index contributed by atoms with van der Waals surface area (Å²) in [7, 11) is -9.06. The largest absolute Gasteiger partial charge is 0.397 e. The first kappa shape index (κ1) is 28.9. The molecular formula is C17H30N10O8S2. The van der Waals surface area contributed by atoms with Gasteiger partial charge in [0.15, 0.2) is 0 Å². The Hall–Kier alpha value is -2.62. The first-order chi connectivity index (χ1) is 17.2. The average Bonchev–Trinajstić information content (AvgIpc) is 3.48. The first-order valence-electron chi connectivity index (χ1n) is 11.1. The lowest BCUT2D eigenvalue weighted by molar-refractivity contribution is 0.197. The van der Waals surface area contributed by atoms with Gasteiger partial charge in [-0.25, -0.2) is 17.7 Å². The molecule has 1 atom stereocenters. The minimum Gasteiger partial charge on any atom is -0.289 e. The van der Waals surface area contributed by atoms with Crippen LogP contribution in [0, 0.1) is 0 Å². The summed E-state index contributed by atoms with van der Waals surface area (Å²) in [4.78, 5) is 2.02. The van der Waals surface area contributed by atoms with E-state index in [1.165, 1.54) is 9.69 Å². The van der Waals surface area contributed by atoms with Crippen LogP contribution in [-0.4, -0.2) is 105 Å². The molecule has 0 bridgehead atoms. The highest BCUT2D eigenvalue weighted by Crippen LogP contribution is 2.16. The Morgan fingerprint density at radius 2 is 1.57 bits per heavy atom. The number of hydrogen-bond acceptors (Lipinski definition) is 14. The molecule has 208 valence electrons. The molecule has 1 unspecified atom stereocenters. The van der Waals surface area contributed by atoms with E-state index in [4.69, 9.17) is 9.11 Å². The SMILES string of the molecule is CC(C)(C)n1cc(CN(Cc2cn(CCOS(=O)(=O)O)nn2)CC2CN(CCOS(=O)(=O)O)N=N2)nn1. The minimum absolute atomic E-state index is 0.0597. The third kappa shape index (κ3) is 10.3. The lowest BCUT2D eigenvalue weighted by atomic mass is 10.1. The van der Waals surface area contributed by atoms with Crippen molar-refractivity contribution < 1.29 is 34.3 Å². The lowest BCUT2D eigenvalue weighted by Crippen LogP contribution is -2.35. The second kappa shape index (κ2) is 11.8. The standard InChI is InChI=1S/C17H30N10O8S2/c1-17(2,3)27-13-16(20-23-27)10-24(8-14-11-25(21-18-14)4-6-34-36(28,29)30)9-15-12-26(22-19-15)5-7-35-37(31,32)33/h11,13,15H,4-10,12H2,1-3H3,(H,28,29,30)(H,31,32,33). The van der Waals surface area contributed by atoms with Crippen LogP contribution in [0.4, 0.5) is 0 Å². The van der Waals surface area contributed by atoms with Crippen LogP contribution in [0.2, 0.25) is 0 Å². The van der Waals surface area contributed by atoms with Crippen LogP contribution >= 0.6 is 0 Å². The topological polar surface area (TPSA) is 220 Å². The molecular weight excluding hydrogens is 536 g/mol. The minimum atomic E-state index is -4.54. The molecule has 2 N–H and O–H groups in total. The molecule has 0 amide bonds. The fraction of sp³-hybridized carbons (Fsp3) is 0.765. The Kier molecular flexibility index (Phi) is 9.26. The van der Waals surface area contributed by atoms with Crippen LogP contribution in [0.25, 0.3) is 0 Å². The van der Waals surface area contributed by atoms with Crippen molar-refractivity contribution in [2.75, 3.05) is 32.8 Å². The third-order valence-electron chi connectivity index (χ3n) is 4.95. The molecule has 0 radical (unpaired) electrons. The van der Waals surface area contributed by atoms with Gasteiger partial charge in [0.1, 0.15) is 6.04 Å². The fourth-order valence-electron chi connectivity index (χ4n) is 3.34. The highest BCUT2D eigenvalue weighted by atomic mass is 32.3. The Bertz CT molecular complexity index is 1270. The zero-order chi connectivity index (χ0) is 27.3. The van der Waals surface area contributed by atoms with Crippen molar-refractivity contribution in [1.29, 1.82) is 0 Å². The molecule has 2 aromatic rings. The Balaban J connectivity index is 1.63. The maximum atomic E-state index is 10.7. The zero-order valence-corrected chi connectivity index (χ0v) is 22.2. The predicted molar refractivity (Wildman–Crippen MR) is 124 cm³/mol. The molecule has 18 nitrogen and oxygen atoms in total. The molecule has 37 heavy (non-hydrogen) atoms. The van der Waals surface area contributed by atoms with Crippen LogP contribution in [0.3, 0.4) is 0 Å². The molecule has 20 heteroatoms. The second-order valence-corrected chi connectivity index (χ2v) is 11.4. The number of aromatic nitrogens is 6. The van der Waals surface area contributed by atoms with Crippen LogP contribution in [0.15, 0.2) is 22.7 Å². The molecule has 3 rings (SSSR count). The summed E-state index contributed by atoms with van der Waals surface area (Å²) in [6.07, 6.45) is 3.48. The van der Waals surface area contributed by atoms with Gasteiger partial charge in [-0.1, -0.05) is 15.7 Å². The number of hydrogen-bond donors (Lipinski definition) is 2. The summed E-state index contributed by atoms with van der Waals surface area (Å²) in [5.41, 5.74) is 1.06. The quantitative estimate of drug-likeness (QED) is 0.271. The van der Waals surface area contributed by atoms with Crippen LogP contribution in [-0.2, 0) is 54.3 Å². The van der Waals surface area contributed by atoms with E-state index in [0.29, 0.717) is 31.9 Å². The van der Waals surface area contributed by atoms with E-state index in [1.807, 2.05) is 31.9 Å². The normalized spacial score (nSPS) is 16.8. The molecule has 0 fully saturated rings. The van der Waals surface area contributed by atoms with Crippen LogP contribution in [0.1, 0.15) is 32.2 Å². The number of nitrogens with zero attached hydrogens (tertiary/aromatic N) is 10. The van der Waals surface area contributed by atoms with E-state index in [1.54, 1.807) is 10.9 Å². The lowest BCUT2D eigenvalue weighted by Gasteiger charge is -2.22. The Labute approximate surface area is 214 Å². The van der Waals surface area contributed by atoms with Gasteiger partial charge in [-0.15, -0.1) is 10.2 Å². The van der Waals surface area contributed by atoms with E-state index in [2.05, 4.69) is 39.3 Å². The number of rotatable bonds is 14. The summed E-state index contributed by atoms with van der Waals surface area (Å²) in [5.74, 6) is 0. The van der Waals surface area contributed by atoms with Crippen molar-refractivity contribution in [3.63, 3.8) is 0 Å². The van der Waals surface area contributed by atoms with Crippen molar-refractivity contribution >= 4 is 20.8 Å². The van der Waals surface area contributed by atoms with Crippen LogP contribution in [0.5, 0.6) is 0 Å². The maximum absolute atomic E-state index is 10.7. The highest BCUT2D eigenvalue weighted by molar-refractivity contribution is 7.81. The molecule has 1 aliphatic rings. The summed E-state index contributed by atoms with van der Waals surface area (Å²) >= 11 is 0. The maximum Gasteiger partial charge on any atom is 0.397 e. The molecule has 0 aliphatic carbocycles. The van der Waals surface area contributed by atoms with Crippen molar-refractivity contribution in [3.05, 3.63) is 23.8 Å². The third-order valence-corrected chi connectivity index (χ3v) is 5.88. The van der Waals surface area contributed by atoms with E-state index in [0.717, 1.165) is 5.69 Å². The Morgan fingerprint density at radius 1 is 0.973 bits per heavy atom. The van der Waals surface area contributed by atoms with E-state index >= 15 is 0 Å². The molecule has 0 aromatic carbocycles. The predicted octanol–water partition coefficient (Wildman–Crippen LogP) is -0.683. The Morgan fingerprint density at radius 3 is 2.16 bits per heavy atom. The first-order valence-corrected chi connectivity index (χ1v) is 13.8. The van der Waals surface area contributed by atoms with Gasteiger partial charge in [-0.05, 0) is 20.8 Å². The van der Waals surface area contributed by atoms with Gasteiger partial charge in [0.25, 0.3) is 0 Å². The smallest absolute Gasteiger partial charge is 0.289 e. The van der Waals surface area contributed by atoms with Crippen molar-refractivity contribution in [2.45, 2.75) is 52.0 Å². The second-order valence-electron chi connectivity index (χ2n) is 9.24. The van der Waals surface area contributed by atoms with E-state index < -0.39 is 20.8 Å². The van der Waals surface area contributed by atoms with Gasteiger partial charge in [-0.3, -0.25) is 19.0 Å². The average molecular weight is 567 g/mol. The summed E-state index contributed by atoms with van der Waals surface area (Å²) in [6.45, 7) is 7.23. The summed E-state index contributed by atoms with van der Waals surface area (Å²) in [6, 6.07) is -0.249. The summed E-state index contributed by atoms with van der Waals surface area (Å²) < 4.78 is 72.0. The molecule has 0 spiro atoms. The molecule has 0 saturated carbocycles. The monoisotopic (exact) mass is 566 g/mol. The molecule has 1 aliphatic heterocycles. The molecule has 2 aromatic heterocycles. The summed E-state index contributed by atoms with van der Waals surface area (Å²) in [5, 5.41) is 26.3. The van der Waals surface area contributed by atoms with Gasteiger partial charge in [-0.2, -0.15) is 21.9 Å². The van der Waals surface area contributed by atoms with Crippen molar-refractivity contribution in [1.82, 2.24) is 39.9 Å². The van der Waals surface area contributed by atoms with Crippen molar-refractivity contribution in [3.8, 4) is 0 Å². The van der Waals surface area contributed by atoms with Gasteiger partial charge >= 0.3 is 20.8 Å². The van der Waals surface area contributed by atoms with Gasteiger partial charge in [0, 0.05) is 25.8 Å². The highest BCUT2D eigenvalue weighted by Gasteiger charge is 2.24. The molecule has 3 heterocycles. The van der Waals surface area contributed by atoms with Gasteiger partial charge in [0.2, 0.25) is 0 Å². The van der Waals surface area contributed by atoms with E-state index in [9.17, 15) is 16.8 Å².